The maximum Gasteiger partial charge on any atom is 0.314 e. The molecule has 3 unspecified atom stereocenters. The van der Waals surface area contributed by atoms with Crippen LogP contribution in [0.2, 0.25) is 30.1 Å². The van der Waals surface area contributed by atoms with E-state index in [2.05, 4.69) is 85.9 Å². The van der Waals surface area contributed by atoms with E-state index in [9.17, 15) is 28.8 Å². The van der Waals surface area contributed by atoms with Crippen LogP contribution in [0.5, 0.6) is 0 Å². The zero-order valence-electron chi connectivity index (χ0n) is 66.3. The van der Waals surface area contributed by atoms with Crippen molar-refractivity contribution in [3.05, 3.63) is 205 Å². The van der Waals surface area contributed by atoms with E-state index in [1.807, 2.05) is 54.6 Å². The zero-order chi connectivity index (χ0) is 81.8. The first-order valence-electron chi connectivity index (χ1n) is 40.1. The summed E-state index contributed by atoms with van der Waals surface area (Å²) in [5.41, 5.74) is 21.1. The number of benzene rings is 6. The van der Waals surface area contributed by atoms with E-state index in [-0.39, 0.29) is 93.0 Å². The predicted octanol–water partition coefficient (Wildman–Crippen LogP) is 11.6. The fourth-order valence-electron chi connectivity index (χ4n) is 16.4. The molecule has 626 valence electrons. The number of halogens is 6. The van der Waals surface area contributed by atoms with Crippen LogP contribution in [-0.4, -0.2) is 250 Å². The van der Waals surface area contributed by atoms with Crippen molar-refractivity contribution in [2.75, 3.05) is 179 Å². The first-order valence-corrected chi connectivity index (χ1v) is 42.4. The molecule has 0 saturated carbocycles. The summed E-state index contributed by atoms with van der Waals surface area (Å²) in [4.78, 5) is 91.3. The number of ether oxygens (including phenoxy) is 6. The molecule has 6 aromatic rings. The van der Waals surface area contributed by atoms with E-state index < -0.39 is 5.54 Å². The number of likely N-dealkylation sites (N-methyl/N-ethyl adjacent to an activating group) is 3. The third kappa shape index (κ3) is 23.9. The summed E-state index contributed by atoms with van der Waals surface area (Å²) >= 11 is 39.2. The molecule has 0 fully saturated rings. The van der Waals surface area contributed by atoms with Crippen molar-refractivity contribution >= 4 is 105 Å². The van der Waals surface area contributed by atoms with Gasteiger partial charge >= 0.3 is 18.1 Å². The van der Waals surface area contributed by atoms with Crippen LogP contribution >= 0.6 is 69.6 Å². The van der Waals surface area contributed by atoms with Gasteiger partial charge in [-0.05, 0) is 181 Å². The molecule has 3 atom stereocenters. The molecular weight excluding hydrogens is 1610 g/mol. The van der Waals surface area contributed by atoms with Crippen molar-refractivity contribution in [1.29, 1.82) is 0 Å². The normalized spacial score (nSPS) is 17.7. The standard InChI is InChI=1S/C85H107Cl6N13O12/c1-99-49-70(67-40-61(86)43-76(89)73(67)52-99)55-7-10-58-46-102(79(105)64(58)37-55)22-28-114-34-31-111-25-19-96-82(108)93-16-4-13-85(92,14-5-17-94-83(109)97-20-26-112-32-35-115-29-23-103-47-59-11-8-56(38-65(59)80(103)106)71-50-100(2)53-74-68(71)41-62(87)44-77(74)90)15-6-18-95-84(110)98-21-27-113-33-36-116-30-24-104-48-60-12-9-57(39-66(60)81(104)107)72-51-101(3)54-75-69(72)42-63(88)45-78(75)91/h7-12,37-45,70-72H,4-6,13-36,46-54,92H2,1-3H3,(H2,93,96,108)(H2,94,97,109)(H2,95,98,110). The van der Waals surface area contributed by atoms with Gasteiger partial charge < -0.3 is 95.5 Å². The highest BCUT2D eigenvalue weighted by molar-refractivity contribution is 6.36. The highest BCUT2D eigenvalue weighted by Crippen LogP contribution is 2.44. The first kappa shape index (κ1) is 88.2. The van der Waals surface area contributed by atoms with Gasteiger partial charge in [-0.25, -0.2) is 14.4 Å². The molecule has 31 heteroatoms. The summed E-state index contributed by atoms with van der Waals surface area (Å²) < 4.78 is 34.7. The number of hydrogen-bond acceptors (Lipinski definition) is 16. The first-order chi connectivity index (χ1) is 56.0. The number of rotatable bonds is 42. The maximum absolute atomic E-state index is 13.6. The number of nitrogens with two attached hydrogens (primary N) is 1. The van der Waals surface area contributed by atoms with Gasteiger partial charge in [0.15, 0.2) is 0 Å². The van der Waals surface area contributed by atoms with Crippen LogP contribution in [0.1, 0.15) is 154 Å². The Bertz CT molecular complexity index is 4020. The van der Waals surface area contributed by atoms with Gasteiger partial charge in [-0.3, -0.25) is 14.4 Å². The molecular formula is C85H107Cl6N13O12. The summed E-state index contributed by atoms with van der Waals surface area (Å²) in [6.07, 6.45) is 3.44. The third-order valence-electron chi connectivity index (χ3n) is 22.4. The Morgan fingerprint density at radius 2 is 0.638 bits per heavy atom. The molecule has 6 aromatic carbocycles. The van der Waals surface area contributed by atoms with Gasteiger partial charge in [0, 0.05) is 188 Å². The number of fused-ring (bicyclic) bond motifs is 6. The Hall–Kier alpha value is -7.12. The molecule has 8 N–H and O–H groups in total. The van der Waals surface area contributed by atoms with E-state index in [1.54, 1.807) is 32.9 Å². The van der Waals surface area contributed by atoms with Crippen molar-refractivity contribution < 1.29 is 57.2 Å². The monoisotopic (exact) mass is 1710 g/mol. The van der Waals surface area contributed by atoms with Crippen LogP contribution in [0.15, 0.2) is 91.0 Å². The van der Waals surface area contributed by atoms with Crippen molar-refractivity contribution in [2.24, 2.45) is 5.73 Å². The van der Waals surface area contributed by atoms with Gasteiger partial charge in [0.05, 0.1) is 79.3 Å². The van der Waals surface area contributed by atoms with Gasteiger partial charge in [-0.2, -0.15) is 0 Å². The van der Waals surface area contributed by atoms with Crippen molar-refractivity contribution in [2.45, 2.75) is 101 Å². The highest BCUT2D eigenvalue weighted by Gasteiger charge is 2.36. The summed E-state index contributed by atoms with van der Waals surface area (Å²) in [7, 11) is 6.20. The number of carbonyl (C=O) groups is 6. The lowest BCUT2D eigenvalue weighted by molar-refractivity contribution is 0.0377. The lowest BCUT2D eigenvalue weighted by Gasteiger charge is -2.33. The minimum Gasteiger partial charge on any atom is -0.377 e. The second kappa shape index (κ2) is 42.7. The minimum absolute atomic E-state index is 0.0227. The second-order valence-corrected chi connectivity index (χ2v) is 33.5. The molecule has 6 heterocycles. The second-order valence-electron chi connectivity index (χ2n) is 30.9. The Kier molecular flexibility index (Phi) is 32.5. The zero-order valence-corrected chi connectivity index (χ0v) is 70.8. The molecule has 25 nitrogen and oxygen atoms in total. The third-order valence-corrected chi connectivity index (χ3v) is 24.0. The summed E-state index contributed by atoms with van der Waals surface area (Å²) in [6.45, 7) is 13.1. The predicted molar refractivity (Wildman–Crippen MR) is 451 cm³/mol. The molecule has 0 radical (unpaired) electrons. The van der Waals surface area contributed by atoms with Gasteiger partial charge in [0.25, 0.3) is 17.7 Å². The number of nitrogens with zero attached hydrogens (tertiary/aromatic N) is 6. The number of hydrogen-bond donors (Lipinski definition) is 7. The largest absolute Gasteiger partial charge is 0.377 e. The Morgan fingerprint density at radius 3 is 0.922 bits per heavy atom. The Balaban J connectivity index is 0.504. The van der Waals surface area contributed by atoms with E-state index >= 15 is 0 Å². The summed E-state index contributed by atoms with van der Waals surface area (Å²) in [5.74, 6) is 0.0217. The van der Waals surface area contributed by atoms with E-state index in [0.717, 1.165) is 106 Å². The molecule has 116 heavy (non-hydrogen) atoms. The van der Waals surface area contributed by atoms with Crippen LogP contribution in [0.3, 0.4) is 0 Å². The lowest BCUT2D eigenvalue weighted by atomic mass is 9.84. The molecule has 0 bridgehead atoms. The van der Waals surface area contributed by atoms with Crippen molar-refractivity contribution in [1.82, 2.24) is 61.3 Å². The van der Waals surface area contributed by atoms with Gasteiger partial charge in [0.2, 0.25) is 0 Å². The van der Waals surface area contributed by atoms with E-state index in [0.29, 0.717) is 204 Å². The molecule has 12 rings (SSSR count). The highest BCUT2D eigenvalue weighted by atomic mass is 35.5. The number of amides is 9. The molecule has 6 aliphatic heterocycles. The minimum atomic E-state index is -0.670. The number of nitrogens with one attached hydrogen (secondary N) is 6. The number of carbonyl (C=O) groups excluding carboxylic acids is 6. The number of urea groups is 3. The summed E-state index contributed by atoms with van der Waals surface area (Å²) in [6, 6.07) is 28.8. The fourth-order valence-corrected chi connectivity index (χ4v) is 18.1. The van der Waals surface area contributed by atoms with Crippen LogP contribution in [0.25, 0.3) is 0 Å². The SMILES string of the molecule is CN1Cc2c(Cl)cc(Cl)cc2C(c2ccc3c(c2)C(=O)N(CCOCCOCCNC(=O)NCCCC(N)(CCCNC(=O)NCCOCCOCCN2Cc4ccc(C5CN(C)Cc6c(Cl)cc(Cl)cc65)cc4C2=O)CCCNC(=O)NCCOCCOCCN2Cc4ccc(C5CN(C)Cc6c(Cl)cc(Cl)cc65)cc4C2=O)C3)C1. The molecule has 0 spiro atoms. The van der Waals surface area contributed by atoms with Crippen LogP contribution in [0.4, 0.5) is 14.4 Å². The average molecular weight is 1720 g/mol. The maximum atomic E-state index is 13.6. The molecule has 0 saturated heterocycles. The lowest BCUT2D eigenvalue weighted by Crippen LogP contribution is -2.44. The van der Waals surface area contributed by atoms with E-state index in [1.165, 1.54) is 0 Å². The molecule has 0 aromatic heterocycles. The Labute approximate surface area is 709 Å². The molecule has 0 aliphatic carbocycles. The van der Waals surface area contributed by atoms with Crippen LogP contribution < -0.4 is 37.6 Å². The van der Waals surface area contributed by atoms with Crippen LogP contribution in [0, 0.1) is 0 Å². The van der Waals surface area contributed by atoms with Crippen molar-refractivity contribution in [3.8, 4) is 0 Å². The van der Waals surface area contributed by atoms with E-state index in [4.69, 9.17) is 104 Å². The quantitative estimate of drug-likeness (QED) is 0.0176. The van der Waals surface area contributed by atoms with Crippen LogP contribution in [-0.2, 0) is 67.7 Å². The smallest absolute Gasteiger partial charge is 0.314 e. The topological polar surface area (TPSA) is 275 Å². The van der Waals surface area contributed by atoms with Crippen molar-refractivity contribution in [3.63, 3.8) is 0 Å². The average Bonchev–Trinajstić information content (AvgIpc) is 1.24. The fraction of sp³-hybridized carbons (Fsp3) is 0.506. The van der Waals surface area contributed by atoms with Gasteiger partial charge in [0.1, 0.15) is 0 Å². The molecule has 9 amide bonds. The van der Waals surface area contributed by atoms with Gasteiger partial charge in [-0.1, -0.05) is 106 Å². The van der Waals surface area contributed by atoms with Gasteiger partial charge in [-0.15, -0.1) is 0 Å². The summed E-state index contributed by atoms with van der Waals surface area (Å²) in [5, 5.41) is 21.0. The molecule has 6 aliphatic rings. The Morgan fingerprint density at radius 1 is 0.371 bits per heavy atom.